The van der Waals surface area contributed by atoms with Crippen LogP contribution in [0.25, 0.3) is 0 Å². The Morgan fingerprint density at radius 2 is 2.16 bits per heavy atom. The van der Waals surface area contributed by atoms with Crippen molar-refractivity contribution in [2.24, 2.45) is 7.05 Å². The maximum atomic E-state index is 9.14. The van der Waals surface area contributed by atoms with Crippen molar-refractivity contribution in [3.63, 3.8) is 0 Å². The third-order valence-corrected chi connectivity index (χ3v) is 4.04. The van der Waals surface area contributed by atoms with Crippen molar-refractivity contribution < 1.29 is 0 Å². The van der Waals surface area contributed by atoms with Crippen LogP contribution in [0, 0.1) is 18.3 Å². The van der Waals surface area contributed by atoms with E-state index in [-0.39, 0.29) is 0 Å². The van der Waals surface area contributed by atoms with Crippen molar-refractivity contribution in [1.82, 2.24) is 14.7 Å². The van der Waals surface area contributed by atoms with E-state index in [4.69, 9.17) is 5.26 Å². The first kappa shape index (κ1) is 13.9. The molecule has 1 fully saturated rings. The molecule has 0 unspecified atom stereocenters. The van der Waals surface area contributed by atoms with Gasteiger partial charge in [-0.25, -0.2) is 0 Å². The molecule has 0 bridgehead atoms. The summed E-state index contributed by atoms with van der Waals surface area (Å²) in [5, 5.41) is 16.8. The van der Waals surface area contributed by atoms with Crippen molar-refractivity contribution in [3.8, 4) is 6.07 Å². The highest BCUT2D eigenvalue weighted by Crippen LogP contribution is 2.22. The molecule has 0 radical (unpaired) electrons. The third-order valence-electron chi connectivity index (χ3n) is 4.04. The summed E-state index contributed by atoms with van der Waals surface area (Å²) in [6, 6.07) is 2.96. The van der Waals surface area contributed by atoms with Crippen LogP contribution in [0.1, 0.15) is 36.9 Å². The zero-order valence-electron chi connectivity index (χ0n) is 12.1. The fraction of sp³-hybridized carbons (Fsp3) is 0.714. The number of nitrogens with one attached hydrogen (secondary N) is 1. The standard InChI is InChI=1S/C14H23N5/c1-11-13(10-15)14(19(3)17-11)16-8-9-18(2)12-6-4-5-7-12/h12,16H,4-9H2,1-3H3. The third kappa shape index (κ3) is 3.07. The molecular weight excluding hydrogens is 238 g/mol. The SMILES string of the molecule is Cc1nn(C)c(NCCN(C)C2CCCC2)c1C#N. The van der Waals surface area contributed by atoms with Gasteiger partial charge in [-0.05, 0) is 26.8 Å². The van der Waals surface area contributed by atoms with Gasteiger partial charge in [0, 0.05) is 26.2 Å². The van der Waals surface area contributed by atoms with E-state index in [1.54, 1.807) is 4.68 Å². The quantitative estimate of drug-likeness (QED) is 0.879. The van der Waals surface area contributed by atoms with Gasteiger partial charge in [-0.3, -0.25) is 4.68 Å². The molecule has 19 heavy (non-hydrogen) atoms. The van der Waals surface area contributed by atoms with E-state index < -0.39 is 0 Å². The summed E-state index contributed by atoms with van der Waals surface area (Å²) in [6.07, 6.45) is 5.37. The van der Waals surface area contributed by atoms with E-state index in [1.807, 2.05) is 14.0 Å². The maximum absolute atomic E-state index is 9.14. The molecule has 0 atom stereocenters. The van der Waals surface area contributed by atoms with Crippen molar-refractivity contribution in [2.75, 3.05) is 25.5 Å². The summed E-state index contributed by atoms with van der Waals surface area (Å²) in [4.78, 5) is 2.43. The van der Waals surface area contributed by atoms with Gasteiger partial charge in [0.1, 0.15) is 17.5 Å². The van der Waals surface area contributed by atoms with Crippen LogP contribution >= 0.6 is 0 Å². The van der Waals surface area contributed by atoms with Gasteiger partial charge in [0.2, 0.25) is 0 Å². The van der Waals surface area contributed by atoms with E-state index in [2.05, 4.69) is 28.4 Å². The smallest absolute Gasteiger partial charge is 0.142 e. The first-order valence-corrected chi connectivity index (χ1v) is 7.01. The minimum absolute atomic E-state index is 0.658. The van der Waals surface area contributed by atoms with Gasteiger partial charge in [-0.2, -0.15) is 10.4 Å². The summed E-state index contributed by atoms with van der Waals surface area (Å²) in [7, 11) is 4.06. The summed E-state index contributed by atoms with van der Waals surface area (Å²) in [5.74, 6) is 0.833. The molecule has 0 saturated heterocycles. The number of anilines is 1. The molecule has 1 aromatic heterocycles. The van der Waals surface area contributed by atoms with Crippen LogP contribution in [0.5, 0.6) is 0 Å². The molecule has 5 heteroatoms. The number of nitriles is 1. The van der Waals surface area contributed by atoms with E-state index in [0.29, 0.717) is 5.56 Å². The number of aryl methyl sites for hydroxylation is 2. The average molecular weight is 261 g/mol. The average Bonchev–Trinajstić information content (AvgIpc) is 2.98. The molecule has 0 spiro atoms. The van der Waals surface area contributed by atoms with Crippen LogP contribution in [0.2, 0.25) is 0 Å². The number of likely N-dealkylation sites (N-methyl/N-ethyl adjacent to an activating group) is 1. The summed E-state index contributed by atoms with van der Waals surface area (Å²) in [6.45, 7) is 3.72. The monoisotopic (exact) mass is 261 g/mol. The summed E-state index contributed by atoms with van der Waals surface area (Å²) in [5.41, 5.74) is 1.45. The van der Waals surface area contributed by atoms with Gasteiger partial charge < -0.3 is 10.2 Å². The molecule has 1 aromatic rings. The fourth-order valence-electron chi connectivity index (χ4n) is 2.87. The second-order valence-electron chi connectivity index (χ2n) is 5.39. The largest absolute Gasteiger partial charge is 0.368 e. The second-order valence-corrected chi connectivity index (χ2v) is 5.39. The van der Waals surface area contributed by atoms with Crippen LogP contribution in [-0.4, -0.2) is 40.9 Å². The van der Waals surface area contributed by atoms with E-state index in [1.165, 1.54) is 25.7 Å². The minimum Gasteiger partial charge on any atom is -0.368 e. The molecule has 104 valence electrons. The van der Waals surface area contributed by atoms with Crippen molar-refractivity contribution in [3.05, 3.63) is 11.3 Å². The Kier molecular flexibility index (Phi) is 4.43. The first-order chi connectivity index (χ1) is 9.13. The molecule has 0 aliphatic heterocycles. The second kappa shape index (κ2) is 6.07. The summed E-state index contributed by atoms with van der Waals surface area (Å²) >= 11 is 0. The molecule has 0 amide bonds. The van der Waals surface area contributed by atoms with E-state index in [9.17, 15) is 0 Å². The normalized spacial score (nSPS) is 15.9. The molecule has 1 N–H and O–H groups in total. The predicted molar refractivity (Wildman–Crippen MR) is 76.0 cm³/mol. The van der Waals surface area contributed by atoms with Crippen LogP contribution < -0.4 is 5.32 Å². The van der Waals surface area contributed by atoms with Gasteiger partial charge in [-0.15, -0.1) is 0 Å². The van der Waals surface area contributed by atoms with Gasteiger partial charge in [0.15, 0.2) is 0 Å². The molecule has 0 aromatic carbocycles. The molecular formula is C14H23N5. The van der Waals surface area contributed by atoms with Crippen molar-refractivity contribution in [2.45, 2.75) is 38.6 Å². The lowest BCUT2D eigenvalue weighted by Crippen LogP contribution is -2.33. The van der Waals surface area contributed by atoms with Gasteiger partial charge in [0.05, 0.1) is 5.69 Å². The Hall–Kier alpha value is -1.54. The number of nitrogens with zero attached hydrogens (tertiary/aromatic N) is 4. The number of rotatable bonds is 5. The van der Waals surface area contributed by atoms with Crippen molar-refractivity contribution in [1.29, 1.82) is 5.26 Å². The van der Waals surface area contributed by atoms with Crippen LogP contribution in [-0.2, 0) is 7.05 Å². The molecule has 1 heterocycles. The van der Waals surface area contributed by atoms with Crippen LogP contribution in [0.15, 0.2) is 0 Å². The number of hydrogen-bond acceptors (Lipinski definition) is 4. The zero-order chi connectivity index (χ0) is 13.8. The number of hydrogen-bond donors (Lipinski definition) is 1. The number of aromatic nitrogens is 2. The molecule has 1 saturated carbocycles. The van der Waals surface area contributed by atoms with Gasteiger partial charge in [0.25, 0.3) is 0 Å². The molecule has 1 aliphatic carbocycles. The topological polar surface area (TPSA) is 56.9 Å². The van der Waals surface area contributed by atoms with Gasteiger partial charge >= 0.3 is 0 Å². The Labute approximate surface area is 115 Å². The lowest BCUT2D eigenvalue weighted by Gasteiger charge is -2.24. The fourth-order valence-corrected chi connectivity index (χ4v) is 2.87. The van der Waals surface area contributed by atoms with E-state index >= 15 is 0 Å². The lowest BCUT2D eigenvalue weighted by atomic mass is 10.2. The van der Waals surface area contributed by atoms with Crippen molar-refractivity contribution >= 4 is 5.82 Å². The maximum Gasteiger partial charge on any atom is 0.142 e. The molecule has 1 aliphatic rings. The highest BCUT2D eigenvalue weighted by Gasteiger charge is 2.19. The Balaban J connectivity index is 1.87. The van der Waals surface area contributed by atoms with E-state index in [0.717, 1.165) is 30.6 Å². The highest BCUT2D eigenvalue weighted by atomic mass is 15.3. The lowest BCUT2D eigenvalue weighted by molar-refractivity contribution is 0.254. The molecule has 5 nitrogen and oxygen atoms in total. The Morgan fingerprint density at radius 1 is 1.47 bits per heavy atom. The summed E-state index contributed by atoms with van der Waals surface area (Å²) < 4.78 is 1.75. The minimum atomic E-state index is 0.658. The predicted octanol–water partition coefficient (Wildman–Crippen LogP) is 1.89. The highest BCUT2D eigenvalue weighted by molar-refractivity contribution is 5.54. The first-order valence-electron chi connectivity index (χ1n) is 7.01. The van der Waals surface area contributed by atoms with Crippen LogP contribution in [0.3, 0.4) is 0 Å². The Morgan fingerprint density at radius 3 is 2.79 bits per heavy atom. The van der Waals surface area contributed by atoms with Crippen LogP contribution in [0.4, 0.5) is 5.82 Å². The van der Waals surface area contributed by atoms with Gasteiger partial charge in [-0.1, -0.05) is 12.8 Å². The molecule has 2 rings (SSSR count). The zero-order valence-corrected chi connectivity index (χ0v) is 12.1. The Bertz CT molecular complexity index is 465.